The summed E-state index contributed by atoms with van der Waals surface area (Å²) in [7, 11) is 3.65. The van der Waals surface area contributed by atoms with Crippen molar-refractivity contribution in [1.82, 2.24) is 14.9 Å². The summed E-state index contributed by atoms with van der Waals surface area (Å²) in [5.41, 5.74) is 1.83. The van der Waals surface area contributed by atoms with Crippen molar-refractivity contribution in [1.29, 1.82) is 0 Å². The lowest BCUT2D eigenvalue weighted by atomic mass is 9.95. The maximum absolute atomic E-state index is 12.0. The summed E-state index contributed by atoms with van der Waals surface area (Å²) in [5.74, 6) is 1.29. The van der Waals surface area contributed by atoms with Gasteiger partial charge in [0.25, 0.3) is 0 Å². The van der Waals surface area contributed by atoms with Crippen LogP contribution in [0.15, 0.2) is 30.5 Å². The molecule has 3 rings (SSSR count). The summed E-state index contributed by atoms with van der Waals surface area (Å²) in [4.78, 5) is 25.0. The van der Waals surface area contributed by atoms with Gasteiger partial charge in [0.15, 0.2) is 0 Å². The quantitative estimate of drug-likeness (QED) is 0.845. The standard InChI is InChI=1S/C16H20N4O/c1-19(2)16(21)12-7-9-20(10-8-12)15-11-17-13-5-3-4-6-14(13)18-15/h3-6,11-12H,7-10H2,1-2H3. The zero-order valence-corrected chi connectivity index (χ0v) is 12.5. The van der Waals surface area contributed by atoms with Crippen molar-refractivity contribution in [3.63, 3.8) is 0 Å². The molecule has 0 saturated carbocycles. The van der Waals surface area contributed by atoms with Crippen LogP contribution in [0.25, 0.3) is 11.0 Å². The maximum Gasteiger partial charge on any atom is 0.225 e. The number of carbonyl (C=O) groups excluding carboxylic acids is 1. The van der Waals surface area contributed by atoms with E-state index in [-0.39, 0.29) is 11.8 Å². The van der Waals surface area contributed by atoms with Gasteiger partial charge < -0.3 is 9.80 Å². The highest BCUT2D eigenvalue weighted by molar-refractivity contribution is 5.79. The van der Waals surface area contributed by atoms with Crippen molar-refractivity contribution in [3.8, 4) is 0 Å². The molecular weight excluding hydrogens is 264 g/mol. The zero-order chi connectivity index (χ0) is 14.8. The molecule has 5 heteroatoms. The number of hydrogen-bond donors (Lipinski definition) is 0. The van der Waals surface area contributed by atoms with E-state index >= 15 is 0 Å². The van der Waals surface area contributed by atoms with Crippen LogP contribution in [-0.4, -0.2) is 48.0 Å². The highest BCUT2D eigenvalue weighted by Crippen LogP contribution is 2.23. The van der Waals surface area contributed by atoms with Crippen LogP contribution in [0.3, 0.4) is 0 Å². The van der Waals surface area contributed by atoms with E-state index in [1.54, 1.807) is 4.90 Å². The number of aromatic nitrogens is 2. The van der Waals surface area contributed by atoms with Crippen LogP contribution in [-0.2, 0) is 4.79 Å². The van der Waals surface area contributed by atoms with Gasteiger partial charge in [0.2, 0.25) is 5.91 Å². The Bertz CT molecular complexity index is 648. The lowest BCUT2D eigenvalue weighted by Crippen LogP contribution is -2.40. The fraction of sp³-hybridized carbons (Fsp3) is 0.438. The zero-order valence-electron chi connectivity index (χ0n) is 12.5. The van der Waals surface area contributed by atoms with Crippen LogP contribution < -0.4 is 4.90 Å². The van der Waals surface area contributed by atoms with Crippen molar-refractivity contribution in [3.05, 3.63) is 30.5 Å². The Kier molecular flexibility index (Phi) is 3.73. The largest absolute Gasteiger partial charge is 0.355 e. The van der Waals surface area contributed by atoms with Gasteiger partial charge in [0, 0.05) is 33.1 Å². The molecule has 1 saturated heterocycles. The van der Waals surface area contributed by atoms with Crippen LogP contribution in [0.5, 0.6) is 0 Å². The van der Waals surface area contributed by atoms with Gasteiger partial charge in [0.1, 0.15) is 5.82 Å². The molecule has 5 nitrogen and oxygen atoms in total. The molecule has 0 radical (unpaired) electrons. The summed E-state index contributed by atoms with van der Waals surface area (Å²) in [6.07, 6.45) is 3.59. The van der Waals surface area contributed by atoms with E-state index < -0.39 is 0 Å². The van der Waals surface area contributed by atoms with Crippen LogP contribution in [0.4, 0.5) is 5.82 Å². The maximum atomic E-state index is 12.0. The molecule has 0 bridgehead atoms. The van der Waals surface area contributed by atoms with E-state index in [9.17, 15) is 4.79 Å². The molecule has 1 aromatic carbocycles. The number of para-hydroxylation sites is 2. The lowest BCUT2D eigenvalue weighted by Gasteiger charge is -2.33. The number of benzene rings is 1. The number of rotatable bonds is 2. The minimum atomic E-state index is 0.143. The van der Waals surface area contributed by atoms with Gasteiger partial charge in [-0.1, -0.05) is 12.1 Å². The minimum Gasteiger partial charge on any atom is -0.355 e. The third-order valence-corrected chi connectivity index (χ3v) is 4.04. The Morgan fingerprint density at radius 1 is 1.19 bits per heavy atom. The highest BCUT2D eigenvalue weighted by Gasteiger charge is 2.26. The predicted octanol–water partition coefficient (Wildman–Crippen LogP) is 1.93. The van der Waals surface area contributed by atoms with Crippen molar-refractivity contribution in [2.45, 2.75) is 12.8 Å². The molecular formula is C16H20N4O. The van der Waals surface area contributed by atoms with Crippen molar-refractivity contribution < 1.29 is 4.79 Å². The highest BCUT2D eigenvalue weighted by atomic mass is 16.2. The van der Waals surface area contributed by atoms with Gasteiger partial charge in [-0.15, -0.1) is 0 Å². The molecule has 1 aliphatic rings. The van der Waals surface area contributed by atoms with E-state index in [4.69, 9.17) is 0 Å². The third-order valence-electron chi connectivity index (χ3n) is 4.04. The number of nitrogens with zero attached hydrogens (tertiary/aromatic N) is 4. The summed E-state index contributed by atoms with van der Waals surface area (Å²) < 4.78 is 0. The van der Waals surface area contributed by atoms with Crippen molar-refractivity contribution in [2.24, 2.45) is 5.92 Å². The second kappa shape index (κ2) is 5.68. The molecule has 1 amide bonds. The monoisotopic (exact) mass is 284 g/mol. The van der Waals surface area contributed by atoms with Crippen LogP contribution in [0, 0.1) is 5.92 Å². The number of amides is 1. The summed E-state index contributed by atoms with van der Waals surface area (Å²) in [5, 5.41) is 0. The Labute approximate surface area is 124 Å². The van der Waals surface area contributed by atoms with E-state index in [0.717, 1.165) is 42.8 Å². The van der Waals surface area contributed by atoms with Gasteiger partial charge in [-0.2, -0.15) is 0 Å². The molecule has 1 aromatic heterocycles. The first-order chi connectivity index (χ1) is 10.1. The first kappa shape index (κ1) is 13.8. The number of anilines is 1. The molecule has 2 heterocycles. The molecule has 1 fully saturated rings. The molecule has 21 heavy (non-hydrogen) atoms. The Morgan fingerprint density at radius 2 is 1.86 bits per heavy atom. The normalized spacial score (nSPS) is 16.2. The fourth-order valence-corrected chi connectivity index (χ4v) is 2.82. The first-order valence-corrected chi connectivity index (χ1v) is 7.33. The SMILES string of the molecule is CN(C)C(=O)C1CCN(c2cnc3ccccc3n2)CC1. The van der Waals surface area contributed by atoms with Gasteiger partial charge >= 0.3 is 0 Å². The fourth-order valence-electron chi connectivity index (χ4n) is 2.82. The third kappa shape index (κ3) is 2.82. The Morgan fingerprint density at radius 3 is 2.52 bits per heavy atom. The first-order valence-electron chi connectivity index (χ1n) is 7.33. The Hall–Kier alpha value is -2.17. The van der Waals surface area contributed by atoms with Gasteiger partial charge in [-0.25, -0.2) is 4.98 Å². The molecule has 0 aliphatic carbocycles. The summed E-state index contributed by atoms with van der Waals surface area (Å²) in [6.45, 7) is 1.72. The molecule has 0 N–H and O–H groups in total. The number of hydrogen-bond acceptors (Lipinski definition) is 4. The molecule has 1 aliphatic heterocycles. The van der Waals surface area contributed by atoms with Crippen LogP contribution in [0.2, 0.25) is 0 Å². The predicted molar refractivity (Wildman–Crippen MR) is 83.2 cm³/mol. The summed E-state index contributed by atoms with van der Waals surface area (Å²) >= 11 is 0. The molecule has 2 aromatic rings. The van der Waals surface area contributed by atoms with Crippen molar-refractivity contribution >= 4 is 22.8 Å². The molecule has 110 valence electrons. The van der Waals surface area contributed by atoms with E-state index in [2.05, 4.69) is 14.9 Å². The second-order valence-corrected chi connectivity index (χ2v) is 5.71. The van der Waals surface area contributed by atoms with Gasteiger partial charge in [0.05, 0.1) is 17.2 Å². The smallest absolute Gasteiger partial charge is 0.225 e. The Balaban J connectivity index is 1.72. The average molecular weight is 284 g/mol. The lowest BCUT2D eigenvalue weighted by molar-refractivity contribution is -0.133. The number of piperidine rings is 1. The molecule has 0 unspecified atom stereocenters. The van der Waals surface area contributed by atoms with Gasteiger partial charge in [-0.05, 0) is 25.0 Å². The second-order valence-electron chi connectivity index (χ2n) is 5.71. The topological polar surface area (TPSA) is 49.3 Å². The van der Waals surface area contributed by atoms with Gasteiger partial charge in [-0.3, -0.25) is 9.78 Å². The van der Waals surface area contributed by atoms with Crippen LogP contribution in [0.1, 0.15) is 12.8 Å². The summed E-state index contributed by atoms with van der Waals surface area (Å²) in [6, 6.07) is 7.89. The van der Waals surface area contributed by atoms with E-state index in [0.29, 0.717) is 0 Å². The molecule has 0 atom stereocenters. The van der Waals surface area contributed by atoms with Crippen LogP contribution >= 0.6 is 0 Å². The number of fused-ring (bicyclic) bond motifs is 1. The van der Waals surface area contributed by atoms with Crippen molar-refractivity contribution in [2.75, 3.05) is 32.1 Å². The number of carbonyl (C=O) groups is 1. The van der Waals surface area contributed by atoms with E-state index in [1.807, 2.05) is 44.6 Å². The average Bonchev–Trinajstić information content (AvgIpc) is 2.54. The minimum absolute atomic E-state index is 0.143. The molecule has 0 spiro atoms. The van der Waals surface area contributed by atoms with E-state index in [1.165, 1.54) is 0 Å².